The predicted octanol–water partition coefficient (Wildman–Crippen LogP) is -0.790. The first-order chi connectivity index (χ1) is 8.11. The van der Waals surface area contributed by atoms with Gasteiger partial charge < -0.3 is 29.9 Å². The zero-order valence-corrected chi connectivity index (χ0v) is 8.93. The molecule has 1 aliphatic heterocycles. The van der Waals surface area contributed by atoms with E-state index in [0.717, 1.165) is 0 Å². The lowest BCUT2D eigenvalue weighted by Gasteiger charge is -2.16. The van der Waals surface area contributed by atoms with Crippen LogP contribution in [0.5, 0.6) is 11.5 Å². The third-order valence-electron chi connectivity index (χ3n) is 2.59. The minimum atomic E-state index is -1.22. The number of hydrogen-bond acceptors (Lipinski definition) is 6. The molecule has 0 bridgehead atoms. The number of aliphatic hydroxyl groups is 3. The van der Waals surface area contributed by atoms with Gasteiger partial charge in [0.15, 0.2) is 0 Å². The Balaban J connectivity index is 2.02. The fourth-order valence-electron chi connectivity index (χ4n) is 1.62. The van der Waals surface area contributed by atoms with Crippen LogP contribution >= 0.6 is 0 Å². The Bertz CT molecular complexity index is 365. The molecule has 0 aromatic heterocycles. The van der Waals surface area contributed by atoms with Crippen LogP contribution in [0.2, 0.25) is 0 Å². The molecule has 4 atom stereocenters. The van der Waals surface area contributed by atoms with E-state index in [1.807, 2.05) is 0 Å². The minimum Gasteiger partial charge on any atom is -0.508 e. The van der Waals surface area contributed by atoms with Gasteiger partial charge in [0, 0.05) is 0 Å². The minimum absolute atomic E-state index is 0.0958. The number of aliphatic hydroxyl groups excluding tert-OH is 3. The van der Waals surface area contributed by atoms with Crippen LogP contribution in [-0.2, 0) is 4.74 Å². The number of aromatic hydroxyl groups is 1. The summed E-state index contributed by atoms with van der Waals surface area (Å²) in [5, 5.41) is 37.1. The van der Waals surface area contributed by atoms with Crippen molar-refractivity contribution >= 4 is 0 Å². The van der Waals surface area contributed by atoms with Crippen molar-refractivity contribution in [2.24, 2.45) is 0 Å². The van der Waals surface area contributed by atoms with Crippen molar-refractivity contribution in [3.05, 3.63) is 24.3 Å². The second kappa shape index (κ2) is 4.89. The monoisotopic (exact) mass is 242 g/mol. The summed E-state index contributed by atoms with van der Waals surface area (Å²) < 4.78 is 10.4. The Labute approximate surface area is 97.7 Å². The molecule has 1 heterocycles. The summed E-state index contributed by atoms with van der Waals surface area (Å²) in [5.41, 5.74) is 0. The molecule has 1 aromatic carbocycles. The van der Waals surface area contributed by atoms with Crippen molar-refractivity contribution < 1.29 is 29.9 Å². The molecular formula is C11H14O6. The quantitative estimate of drug-likeness (QED) is 0.554. The van der Waals surface area contributed by atoms with Gasteiger partial charge in [0.05, 0.1) is 6.61 Å². The molecule has 0 spiro atoms. The fraction of sp³-hybridized carbons (Fsp3) is 0.455. The highest BCUT2D eigenvalue weighted by molar-refractivity contribution is 5.30. The zero-order valence-electron chi connectivity index (χ0n) is 8.93. The maximum atomic E-state index is 9.61. The summed E-state index contributed by atoms with van der Waals surface area (Å²) in [6.45, 7) is -0.395. The molecular weight excluding hydrogens is 228 g/mol. The van der Waals surface area contributed by atoms with Gasteiger partial charge >= 0.3 is 0 Å². The van der Waals surface area contributed by atoms with Crippen molar-refractivity contribution in [1.29, 1.82) is 0 Å². The van der Waals surface area contributed by atoms with E-state index in [1.54, 1.807) is 0 Å². The molecule has 0 unspecified atom stereocenters. The van der Waals surface area contributed by atoms with Gasteiger partial charge in [-0.1, -0.05) is 0 Å². The van der Waals surface area contributed by atoms with Crippen molar-refractivity contribution in [3.8, 4) is 11.5 Å². The zero-order chi connectivity index (χ0) is 12.4. The number of phenolic OH excluding ortho intramolecular Hbond substituents is 1. The SMILES string of the molecule is OC[C@@H]1O[C@H](Oc2ccc(O)cc2)[C@H](O)[C@H]1O. The first kappa shape index (κ1) is 12.1. The standard InChI is InChI=1S/C11H14O6/c12-5-8-9(14)10(15)11(17-8)16-7-3-1-6(13)2-4-7/h1-4,8-15H,5H2/t8-,9-,10+,11-/m0/s1. The molecule has 1 aliphatic rings. The summed E-state index contributed by atoms with van der Waals surface area (Å²) in [6, 6.07) is 5.86. The summed E-state index contributed by atoms with van der Waals surface area (Å²) in [5.74, 6) is 0.483. The van der Waals surface area contributed by atoms with E-state index in [0.29, 0.717) is 5.75 Å². The Morgan fingerprint density at radius 3 is 2.29 bits per heavy atom. The molecule has 0 saturated carbocycles. The summed E-state index contributed by atoms with van der Waals surface area (Å²) in [4.78, 5) is 0. The number of phenols is 1. The molecule has 17 heavy (non-hydrogen) atoms. The maximum absolute atomic E-state index is 9.61. The number of ether oxygens (including phenoxy) is 2. The Morgan fingerprint density at radius 2 is 1.76 bits per heavy atom. The Hall–Kier alpha value is -1.34. The topological polar surface area (TPSA) is 99.4 Å². The van der Waals surface area contributed by atoms with Crippen LogP contribution in [0.3, 0.4) is 0 Å². The molecule has 0 aliphatic carbocycles. The van der Waals surface area contributed by atoms with Gasteiger partial charge in [0.2, 0.25) is 6.29 Å². The van der Waals surface area contributed by atoms with Gasteiger partial charge in [-0.2, -0.15) is 0 Å². The smallest absolute Gasteiger partial charge is 0.229 e. The first-order valence-electron chi connectivity index (χ1n) is 5.20. The van der Waals surface area contributed by atoms with Crippen molar-refractivity contribution in [2.75, 3.05) is 6.61 Å². The summed E-state index contributed by atoms with van der Waals surface area (Å²) in [7, 11) is 0. The fourth-order valence-corrected chi connectivity index (χ4v) is 1.62. The second-order valence-electron chi connectivity index (χ2n) is 3.82. The van der Waals surface area contributed by atoms with Gasteiger partial charge in [-0.15, -0.1) is 0 Å². The van der Waals surface area contributed by atoms with Crippen LogP contribution in [0, 0.1) is 0 Å². The predicted molar refractivity (Wildman–Crippen MR) is 56.5 cm³/mol. The highest BCUT2D eigenvalue weighted by atomic mass is 16.7. The molecule has 1 aromatic rings. The first-order valence-corrected chi connectivity index (χ1v) is 5.20. The van der Waals surface area contributed by atoms with E-state index < -0.39 is 31.2 Å². The van der Waals surface area contributed by atoms with E-state index in [2.05, 4.69) is 0 Å². The summed E-state index contributed by atoms with van der Waals surface area (Å²) >= 11 is 0. The van der Waals surface area contributed by atoms with Gasteiger partial charge in [0.25, 0.3) is 0 Å². The van der Waals surface area contributed by atoms with E-state index in [1.165, 1.54) is 24.3 Å². The van der Waals surface area contributed by atoms with Gasteiger partial charge in [-0.3, -0.25) is 0 Å². The molecule has 6 nitrogen and oxygen atoms in total. The van der Waals surface area contributed by atoms with E-state index >= 15 is 0 Å². The van der Waals surface area contributed by atoms with Crippen molar-refractivity contribution in [3.63, 3.8) is 0 Å². The van der Waals surface area contributed by atoms with Crippen LogP contribution in [-0.4, -0.2) is 51.6 Å². The van der Waals surface area contributed by atoms with Gasteiger partial charge in [0.1, 0.15) is 29.8 Å². The highest BCUT2D eigenvalue weighted by Crippen LogP contribution is 2.25. The van der Waals surface area contributed by atoms with E-state index in [9.17, 15) is 10.2 Å². The average molecular weight is 242 g/mol. The molecule has 0 radical (unpaired) electrons. The third kappa shape index (κ3) is 2.50. The van der Waals surface area contributed by atoms with E-state index in [-0.39, 0.29) is 5.75 Å². The molecule has 1 saturated heterocycles. The maximum Gasteiger partial charge on any atom is 0.229 e. The average Bonchev–Trinajstić information content (AvgIpc) is 2.60. The van der Waals surface area contributed by atoms with E-state index in [4.69, 9.17) is 19.7 Å². The lowest BCUT2D eigenvalue weighted by atomic mass is 10.1. The van der Waals surface area contributed by atoms with Crippen LogP contribution in [0.1, 0.15) is 0 Å². The van der Waals surface area contributed by atoms with Crippen LogP contribution in [0.4, 0.5) is 0 Å². The van der Waals surface area contributed by atoms with Crippen LogP contribution < -0.4 is 4.74 Å². The normalized spacial score (nSPS) is 32.6. The Morgan fingerprint density at radius 1 is 1.12 bits per heavy atom. The third-order valence-corrected chi connectivity index (χ3v) is 2.59. The van der Waals surface area contributed by atoms with Crippen LogP contribution in [0.15, 0.2) is 24.3 Å². The van der Waals surface area contributed by atoms with Crippen molar-refractivity contribution in [2.45, 2.75) is 24.6 Å². The lowest BCUT2D eigenvalue weighted by Crippen LogP contribution is -2.35. The molecule has 0 amide bonds. The number of benzene rings is 1. The van der Waals surface area contributed by atoms with Crippen LogP contribution in [0.25, 0.3) is 0 Å². The molecule has 2 rings (SSSR count). The Kier molecular flexibility index (Phi) is 3.49. The summed E-state index contributed by atoms with van der Waals surface area (Å²) in [6.07, 6.45) is -4.29. The van der Waals surface area contributed by atoms with Crippen molar-refractivity contribution in [1.82, 2.24) is 0 Å². The largest absolute Gasteiger partial charge is 0.508 e. The molecule has 94 valence electrons. The second-order valence-corrected chi connectivity index (χ2v) is 3.82. The molecule has 1 fully saturated rings. The molecule has 6 heteroatoms. The molecule has 4 N–H and O–H groups in total. The number of hydrogen-bond donors (Lipinski definition) is 4. The van der Waals surface area contributed by atoms with Gasteiger partial charge in [-0.25, -0.2) is 0 Å². The number of rotatable bonds is 3. The lowest BCUT2D eigenvalue weighted by molar-refractivity contribution is -0.116. The van der Waals surface area contributed by atoms with Gasteiger partial charge in [-0.05, 0) is 24.3 Å². The highest BCUT2D eigenvalue weighted by Gasteiger charge is 2.43.